The lowest BCUT2D eigenvalue weighted by Gasteiger charge is -2.38. The Labute approximate surface area is 110 Å². The molecule has 0 bridgehead atoms. The van der Waals surface area contributed by atoms with E-state index < -0.39 is 6.04 Å². The number of morpholine rings is 1. The maximum absolute atomic E-state index is 11.7. The van der Waals surface area contributed by atoms with Crippen LogP contribution in [0.4, 0.5) is 0 Å². The van der Waals surface area contributed by atoms with E-state index in [-0.39, 0.29) is 17.9 Å². The van der Waals surface area contributed by atoms with Gasteiger partial charge in [-0.1, -0.05) is 13.8 Å². The Morgan fingerprint density at radius 3 is 2.67 bits per heavy atom. The monoisotopic (exact) mass is 258 g/mol. The lowest BCUT2D eigenvalue weighted by Crippen LogP contribution is -2.51. The van der Waals surface area contributed by atoms with E-state index in [1.807, 2.05) is 13.8 Å². The molecule has 0 radical (unpaired) electrons. The Morgan fingerprint density at radius 2 is 2.11 bits per heavy atom. The van der Waals surface area contributed by atoms with Gasteiger partial charge in [0.15, 0.2) is 0 Å². The fourth-order valence-electron chi connectivity index (χ4n) is 2.04. The molecular formula is C13H26N2O3. The van der Waals surface area contributed by atoms with Crippen LogP contribution in [0.25, 0.3) is 0 Å². The van der Waals surface area contributed by atoms with Crippen molar-refractivity contribution in [3.63, 3.8) is 0 Å². The van der Waals surface area contributed by atoms with Crippen LogP contribution >= 0.6 is 0 Å². The molecule has 0 aromatic heterocycles. The SMILES string of the molecule is CC(C)[C@H](N)C(=O)OC[C@@H]1COCCN1C(C)C. The first kappa shape index (κ1) is 15.4. The summed E-state index contributed by atoms with van der Waals surface area (Å²) < 4.78 is 10.7. The Balaban J connectivity index is 2.43. The highest BCUT2D eigenvalue weighted by Crippen LogP contribution is 2.12. The van der Waals surface area contributed by atoms with Crippen molar-refractivity contribution in [2.75, 3.05) is 26.4 Å². The van der Waals surface area contributed by atoms with Crippen molar-refractivity contribution in [1.82, 2.24) is 4.90 Å². The van der Waals surface area contributed by atoms with E-state index in [9.17, 15) is 4.79 Å². The smallest absolute Gasteiger partial charge is 0.323 e. The number of esters is 1. The highest BCUT2D eigenvalue weighted by Gasteiger charge is 2.27. The standard InChI is InChI=1S/C13H26N2O3/c1-9(2)12(14)13(16)18-8-11-7-17-6-5-15(11)10(3)4/h9-12H,5-8,14H2,1-4H3/t11-,12-/m0/s1. The molecule has 0 unspecified atom stereocenters. The first-order chi connectivity index (χ1) is 8.43. The summed E-state index contributed by atoms with van der Waals surface area (Å²) in [7, 11) is 0. The van der Waals surface area contributed by atoms with E-state index in [4.69, 9.17) is 15.2 Å². The van der Waals surface area contributed by atoms with Gasteiger partial charge in [-0.2, -0.15) is 0 Å². The largest absolute Gasteiger partial charge is 0.463 e. The highest BCUT2D eigenvalue weighted by molar-refractivity contribution is 5.75. The fraction of sp³-hybridized carbons (Fsp3) is 0.923. The van der Waals surface area contributed by atoms with Crippen molar-refractivity contribution >= 4 is 5.97 Å². The molecule has 0 amide bonds. The van der Waals surface area contributed by atoms with E-state index in [1.165, 1.54) is 0 Å². The van der Waals surface area contributed by atoms with Gasteiger partial charge in [0, 0.05) is 12.6 Å². The molecular weight excluding hydrogens is 232 g/mol. The second-order valence-electron chi connectivity index (χ2n) is 5.46. The number of hydrogen-bond acceptors (Lipinski definition) is 5. The summed E-state index contributed by atoms with van der Waals surface area (Å²) in [5.41, 5.74) is 5.75. The zero-order chi connectivity index (χ0) is 13.7. The molecule has 1 aliphatic rings. The maximum atomic E-state index is 11.7. The number of nitrogens with two attached hydrogens (primary N) is 1. The maximum Gasteiger partial charge on any atom is 0.323 e. The molecule has 2 atom stereocenters. The first-order valence-corrected chi connectivity index (χ1v) is 6.69. The minimum Gasteiger partial charge on any atom is -0.463 e. The van der Waals surface area contributed by atoms with Crippen LogP contribution < -0.4 is 5.73 Å². The van der Waals surface area contributed by atoms with E-state index in [0.29, 0.717) is 19.3 Å². The van der Waals surface area contributed by atoms with E-state index >= 15 is 0 Å². The summed E-state index contributed by atoms with van der Waals surface area (Å²) in [5, 5.41) is 0. The molecule has 5 heteroatoms. The fourth-order valence-corrected chi connectivity index (χ4v) is 2.04. The van der Waals surface area contributed by atoms with Crippen LogP contribution in [0.5, 0.6) is 0 Å². The number of carbonyl (C=O) groups excluding carboxylic acids is 1. The molecule has 18 heavy (non-hydrogen) atoms. The minimum atomic E-state index is -0.540. The van der Waals surface area contributed by atoms with Crippen molar-refractivity contribution in [2.45, 2.75) is 45.8 Å². The summed E-state index contributed by atoms with van der Waals surface area (Å²) >= 11 is 0. The van der Waals surface area contributed by atoms with Crippen molar-refractivity contribution in [2.24, 2.45) is 11.7 Å². The van der Waals surface area contributed by atoms with E-state index in [1.54, 1.807) is 0 Å². The predicted molar refractivity (Wildman–Crippen MR) is 70.2 cm³/mol. The number of hydrogen-bond donors (Lipinski definition) is 1. The molecule has 1 saturated heterocycles. The van der Waals surface area contributed by atoms with Crippen molar-refractivity contribution < 1.29 is 14.3 Å². The molecule has 0 aliphatic carbocycles. The molecule has 1 heterocycles. The van der Waals surface area contributed by atoms with E-state index in [0.717, 1.165) is 13.2 Å². The summed E-state index contributed by atoms with van der Waals surface area (Å²) in [6, 6.07) is 0.0282. The molecule has 1 rings (SSSR count). The molecule has 0 aromatic rings. The van der Waals surface area contributed by atoms with Crippen LogP contribution in [0.15, 0.2) is 0 Å². The van der Waals surface area contributed by atoms with Gasteiger partial charge in [0.1, 0.15) is 12.6 Å². The van der Waals surface area contributed by atoms with Gasteiger partial charge < -0.3 is 15.2 Å². The number of carbonyl (C=O) groups is 1. The van der Waals surface area contributed by atoms with Crippen LogP contribution in [0.3, 0.4) is 0 Å². The number of ether oxygens (including phenoxy) is 2. The minimum absolute atomic E-state index is 0.0984. The van der Waals surface area contributed by atoms with Crippen LogP contribution in [-0.2, 0) is 14.3 Å². The Bertz CT molecular complexity index is 269. The zero-order valence-electron chi connectivity index (χ0n) is 11.9. The lowest BCUT2D eigenvalue weighted by molar-refractivity contribution is -0.150. The van der Waals surface area contributed by atoms with Crippen molar-refractivity contribution in [3.05, 3.63) is 0 Å². The van der Waals surface area contributed by atoms with Gasteiger partial charge in [-0.25, -0.2) is 0 Å². The summed E-state index contributed by atoms with van der Waals surface area (Å²) in [5.74, 6) is -0.222. The Kier molecular flexibility index (Phi) is 6.05. The summed E-state index contributed by atoms with van der Waals surface area (Å²) in [6.45, 7) is 10.7. The average molecular weight is 258 g/mol. The Morgan fingerprint density at radius 1 is 1.44 bits per heavy atom. The van der Waals surface area contributed by atoms with Gasteiger partial charge in [-0.05, 0) is 19.8 Å². The third-order valence-corrected chi connectivity index (χ3v) is 3.34. The van der Waals surface area contributed by atoms with Crippen molar-refractivity contribution in [1.29, 1.82) is 0 Å². The highest BCUT2D eigenvalue weighted by atomic mass is 16.5. The number of nitrogens with zero attached hydrogens (tertiary/aromatic N) is 1. The quantitative estimate of drug-likeness (QED) is 0.732. The average Bonchev–Trinajstić information content (AvgIpc) is 2.35. The van der Waals surface area contributed by atoms with Crippen LogP contribution in [0, 0.1) is 5.92 Å². The third kappa shape index (κ3) is 4.23. The van der Waals surface area contributed by atoms with Crippen LogP contribution in [-0.4, -0.2) is 55.4 Å². The summed E-state index contributed by atoms with van der Waals surface area (Å²) in [4.78, 5) is 14.0. The van der Waals surface area contributed by atoms with Crippen LogP contribution in [0.2, 0.25) is 0 Å². The third-order valence-electron chi connectivity index (χ3n) is 3.34. The second kappa shape index (κ2) is 7.07. The normalized spacial score (nSPS) is 23.4. The first-order valence-electron chi connectivity index (χ1n) is 6.69. The molecule has 106 valence electrons. The Hall–Kier alpha value is -0.650. The zero-order valence-corrected chi connectivity index (χ0v) is 11.9. The van der Waals surface area contributed by atoms with Gasteiger partial charge >= 0.3 is 5.97 Å². The van der Waals surface area contributed by atoms with Gasteiger partial charge in [-0.3, -0.25) is 9.69 Å². The lowest BCUT2D eigenvalue weighted by atomic mass is 10.1. The molecule has 2 N–H and O–H groups in total. The van der Waals surface area contributed by atoms with E-state index in [2.05, 4.69) is 18.7 Å². The molecule has 1 aliphatic heterocycles. The molecule has 5 nitrogen and oxygen atoms in total. The number of rotatable bonds is 5. The predicted octanol–water partition coefficient (Wildman–Crippen LogP) is 0.622. The molecule has 1 fully saturated rings. The summed E-state index contributed by atoms with van der Waals surface area (Å²) in [6.07, 6.45) is 0. The van der Waals surface area contributed by atoms with Crippen LogP contribution in [0.1, 0.15) is 27.7 Å². The van der Waals surface area contributed by atoms with Gasteiger partial charge in [0.05, 0.1) is 19.3 Å². The molecule has 0 spiro atoms. The van der Waals surface area contributed by atoms with Gasteiger partial charge in [0.25, 0.3) is 0 Å². The second-order valence-corrected chi connectivity index (χ2v) is 5.46. The topological polar surface area (TPSA) is 64.8 Å². The van der Waals surface area contributed by atoms with Gasteiger partial charge in [-0.15, -0.1) is 0 Å². The van der Waals surface area contributed by atoms with Crippen molar-refractivity contribution in [3.8, 4) is 0 Å². The van der Waals surface area contributed by atoms with Gasteiger partial charge in [0.2, 0.25) is 0 Å². The molecule has 0 saturated carbocycles. The molecule has 0 aromatic carbocycles.